The highest BCUT2D eigenvalue weighted by Gasteiger charge is 2.64. The smallest absolute Gasteiger partial charge is 0.392 e. The first kappa shape index (κ1) is 21.3. The number of rotatable bonds is 8. The fourth-order valence-corrected chi connectivity index (χ4v) is 3.73. The maximum atomic E-state index is 13.1. The van der Waals surface area contributed by atoms with Crippen molar-refractivity contribution >= 4 is 28.0 Å². The third kappa shape index (κ3) is 3.76. The number of fused-ring (bicyclic) bond motifs is 1. The van der Waals surface area contributed by atoms with E-state index in [4.69, 9.17) is 18.8 Å². The maximum Gasteiger partial charge on any atom is 0.392 e. The van der Waals surface area contributed by atoms with Gasteiger partial charge in [-0.2, -0.15) is 17.2 Å². The van der Waals surface area contributed by atoms with E-state index in [-0.39, 0.29) is 0 Å². The molecule has 160 valence electrons. The number of hydrogen-bond donors (Lipinski definition) is 1. The number of hydrogen-bond acceptors (Lipinski definition) is 9. The Kier molecular flexibility index (Phi) is 5.26. The molecule has 1 heterocycles. The predicted octanol–water partition coefficient (Wildman–Crippen LogP) is -0.00530. The van der Waals surface area contributed by atoms with Gasteiger partial charge in [0.1, 0.15) is 18.6 Å². The first-order valence-electron chi connectivity index (χ1n) is 8.24. The predicted molar refractivity (Wildman–Crippen MR) is 86.8 cm³/mol. The fourth-order valence-electron chi connectivity index (χ4n) is 3.49. The summed E-state index contributed by atoms with van der Waals surface area (Å²) in [5.74, 6) is -3.68. The molecule has 1 saturated heterocycles. The molecule has 0 spiro atoms. The van der Waals surface area contributed by atoms with Gasteiger partial charge >= 0.3 is 33.3 Å². The summed E-state index contributed by atoms with van der Waals surface area (Å²) in [6.07, 6.45) is -1.09. The van der Waals surface area contributed by atoms with Gasteiger partial charge < -0.3 is 18.9 Å². The molecule has 0 amide bonds. The average molecular weight is 438 g/mol. The van der Waals surface area contributed by atoms with Crippen molar-refractivity contribution in [2.75, 3.05) is 13.2 Å². The highest BCUT2D eigenvalue weighted by atomic mass is 32.2. The van der Waals surface area contributed by atoms with Crippen molar-refractivity contribution in [2.24, 2.45) is 11.8 Å². The van der Waals surface area contributed by atoms with Crippen LogP contribution < -0.4 is 0 Å². The molecule has 0 aromatic carbocycles. The van der Waals surface area contributed by atoms with Gasteiger partial charge in [-0.15, -0.1) is 0 Å². The van der Waals surface area contributed by atoms with E-state index in [0.29, 0.717) is 5.57 Å². The van der Waals surface area contributed by atoms with Crippen molar-refractivity contribution in [1.29, 1.82) is 0 Å². The van der Waals surface area contributed by atoms with Crippen molar-refractivity contribution < 1.29 is 55.1 Å². The highest BCUT2D eigenvalue weighted by molar-refractivity contribution is 7.86. The van der Waals surface area contributed by atoms with E-state index in [1.165, 1.54) is 0 Å². The third-order valence-electron chi connectivity index (χ3n) is 4.71. The van der Waals surface area contributed by atoms with Gasteiger partial charge in [-0.3, -0.25) is 14.1 Å². The van der Waals surface area contributed by atoms with E-state index < -0.39 is 82.2 Å². The second-order valence-electron chi connectivity index (χ2n) is 6.73. The van der Waals surface area contributed by atoms with Crippen LogP contribution in [0.15, 0.2) is 23.8 Å². The fraction of sp³-hybridized carbons (Fsp3) is 0.562. The number of carbonyl (C=O) groups is 3. The molecule has 2 bridgehead atoms. The highest BCUT2D eigenvalue weighted by Crippen LogP contribution is 2.52. The Morgan fingerprint density at radius 2 is 1.97 bits per heavy atom. The second kappa shape index (κ2) is 7.15. The van der Waals surface area contributed by atoms with E-state index >= 15 is 0 Å². The molecule has 13 heteroatoms. The molecular weight excluding hydrogens is 422 g/mol. The van der Waals surface area contributed by atoms with Crippen LogP contribution in [0.2, 0.25) is 0 Å². The largest absolute Gasteiger partial charge is 0.461 e. The number of ether oxygens (including phenoxy) is 4. The maximum absolute atomic E-state index is 13.1. The molecule has 29 heavy (non-hydrogen) atoms. The van der Waals surface area contributed by atoms with Crippen LogP contribution in [-0.2, 0) is 43.4 Å². The van der Waals surface area contributed by atoms with E-state index in [9.17, 15) is 31.6 Å². The summed E-state index contributed by atoms with van der Waals surface area (Å²) >= 11 is 0. The zero-order chi connectivity index (χ0) is 21.7. The van der Waals surface area contributed by atoms with E-state index in [0.717, 1.165) is 6.92 Å². The van der Waals surface area contributed by atoms with E-state index in [1.54, 1.807) is 6.08 Å². The van der Waals surface area contributed by atoms with E-state index in [1.807, 2.05) is 0 Å². The molecular formula is C16H16F2O10S. The van der Waals surface area contributed by atoms with Crippen LogP contribution in [0, 0.1) is 11.8 Å². The van der Waals surface area contributed by atoms with Crippen LogP contribution in [0.25, 0.3) is 0 Å². The summed E-state index contributed by atoms with van der Waals surface area (Å²) in [6, 6.07) is 0. The van der Waals surface area contributed by atoms with Gasteiger partial charge in [0, 0.05) is 6.92 Å². The van der Waals surface area contributed by atoms with Gasteiger partial charge in [-0.1, -0.05) is 12.7 Å². The number of alkyl halides is 2. The standard InChI is InChI=1S/C16H16F2O10S/c1-6(4-25-5-16(17,18)29(22,23)24)14(20)27-13-9-3-8-10(11(9)26-7(2)19)15(21)28-12(8)13/h3,9-13H,1,4-5H2,2H3,(H,22,23,24). The van der Waals surface area contributed by atoms with Gasteiger partial charge in [0.05, 0.1) is 18.1 Å². The molecule has 0 radical (unpaired) electrons. The number of halogens is 2. The lowest BCUT2D eigenvalue weighted by molar-refractivity contribution is -0.161. The van der Waals surface area contributed by atoms with Crippen LogP contribution in [-0.4, -0.2) is 67.7 Å². The van der Waals surface area contributed by atoms with Crippen LogP contribution >= 0.6 is 0 Å². The van der Waals surface area contributed by atoms with Crippen molar-refractivity contribution in [3.05, 3.63) is 23.8 Å². The lowest BCUT2D eigenvalue weighted by Gasteiger charge is -2.31. The molecule has 3 aliphatic rings. The molecule has 5 atom stereocenters. The normalized spacial score (nSPS) is 30.0. The average Bonchev–Trinajstić information content (AvgIpc) is 3.17. The van der Waals surface area contributed by atoms with Gasteiger partial charge in [0.2, 0.25) is 0 Å². The molecule has 1 aliphatic heterocycles. The Hall–Kier alpha value is -2.38. The van der Waals surface area contributed by atoms with Crippen molar-refractivity contribution in [3.63, 3.8) is 0 Å². The summed E-state index contributed by atoms with van der Waals surface area (Å²) in [4.78, 5) is 35.5. The summed E-state index contributed by atoms with van der Waals surface area (Å²) in [6.45, 7) is 1.98. The second-order valence-corrected chi connectivity index (χ2v) is 8.28. The molecule has 0 saturated carbocycles. The van der Waals surface area contributed by atoms with Gasteiger partial charge in [-0.25, -0.2) is 4.79 Å². The van der Waals surface area contributed by atoms with Gasteiger partial charge in [-0.05, 0) is 5.57 Å². The third-order valence-corrected chi connectivity index (χ3v) is 5.59. The summed E-state index contributed by atoms with van der Waals surface area (Å²) < 4.78 is 75.6. The molecule has 1 N–H and O–H groups in total. The minimum absolute atomic E-state index is 0.422. The topological polar surface area (TPSA) is 143 Å². The minimum atomic E-state index is -5.67. The zero-order valence-electron chi connectivity index (χ0n) is 14.9. The monoisotopic (exact) mass is 438 g/mol. The lowest BCUT2D eigenvalue weighted by Crippen LogP contribution is -2.45. The van der Waals surface area contributed by atoms with E-state index in [2.05, 4.69) is 11.3 Å². The van der Waals surface area contributed by atoms with Gasteiger partial charge in [0.15, 0.2) is 12.2 Å². The lowest BCUT2D eigenvalue weighted by atomic mass is 9.84. The molecule has 0 aromatic rings. The number of carbonyl (C=O) groups excluding carboxylic acids is 3. The Balaban J connectivity index is 1.59. The van der Waals surface area contributed by atoms with Crippen molar-refractivity contribution in [1.82, 2.24) is 0 Å². The molecule has 10 nitrogen and oxygen atoms in total. The van der Waals surface area contributed by atoms with Crippen LogP contribution in [0.4, 0.5) is 8.78 Å². The molecule has 5 unspecified atom stereocenters. The molecule has 3 rings (SSSR count). The van der Waals surface area contributed by atoms with Crippen LogP contribution in [0.5, 0.6) is 0 Å². The quantitative estimate of drug-likeness (QED) is 0.181. The van der Waals surface area contributed by atoms with Crippen molar-refractivity contribution in [3.8, 4) is 0 Å². The zero-order valence-corrected chi connectivity index (χ0v) is 15.7. The van der Waals surface area contributed by atoms with Crippen LogP contribution in [0.3, 0.4) is 0 Å². The van der Waals surface area contributed by atoms with Crippen LogP contribution in [0.1, 0.15) is 6.92 Å². The number of esters is 3. The SMILES string of the molecule is C=C(COCC(F)(F)S(=O)(=O)O)C(=O)OC1C2OC(=O)C3C2=CC1C3OC(C)=O. The Morgan fingerprint density at radius 1 is 1.31 bits per heavy atom. The molecule has 1 fully saturated rings. The minimum Gasteiger partial charge on any atom is -0.461 e. The first-order chi connectivity index (χ1) is 13.3. The Morgan fingerprint density at radius 3 is 2.55 bits per heavy atom. The molecule has 0 aromatic heterocycles. The summed E-state index contributed by atoms with van der Waals surface area (Å²) in [5.41, 5.74) is 0.118. The summed E-state index contributed by atoms with van der Waals surface area (Å²) in [5, 5.41) is -4.56. The first-order valence-corrected chi connectivity index (χ1v) is 9.68. The van der Waals surface area contributed by atoms with Crippen molar-refractivity contribution in [2.45, 2.75) is 30.5 Å². The Bertz CT molecular complexity index is 909. The summed E-state index contributed by atoms with van der Waals surface area (Å²) in [7, 11) is -5.67. The molecule has 2 aliphatic carbocycles. The van der Waals surface area contributed by atoms with Gasteiger partial charge in [0.25, 0.3) is 0 Å². The Labute approximate surface area is 163 Å².